The van der Waals surface area contributed by atoms with Crippen LogP contribution >= 0.6 is 0 Å². The standard InChI is InChI=1S/C8H15NO3/c1-2-12-8(10)5-7-6-11-4-3-9-7/h7,9H,2-6H2,1H3/t7-/m0/s1. The Kier molecular flexibility index (Phi) is 4.04. The number of esters is 1. The molecule has 1 aliphatic heterocycles. The van der Waals surface area contributed by atoms with Gasteiger partial charge in [-0.15, -0.1) is 0 Å². The molecule has 1 saturated heterocycles. The van der Waals surface area contributed by atoms with Crippen molar-refractivity contribution in [1.29, 1.82) is 0 Å². The quantitative estimate of drug-likeness (QED) is 0.607. The molecule has 0 unspecified atom stereocenters. The molecule has 70 valence electrons. The van der Waals surface area contributed by atoms with Crippen molar-refractivity contribution >= 4 is 5.97 Å². The van der Waals surface area contributed by atoms with E-state index in [4.69, 9.17) is 9.47 Å². The maximum absolute atomic E-state index is 11.0. The second-order valence-electron chi connectivity index (χ2n) is 2.74. The van der Waals surface area contributed by atoms with Crippen molar-refractivity contribution in [3.8, 4) is 0 Å². The first kappa shape index (κ1) is 9.48. The van der Waals surface area contributed by atoms with Gasteiger partial charge in [-0.2, -0.15) is 0 Å². The van der Waals surface area contributed by atoms with E-state index in [1.54, 1.807) is 0 Å². The van der Waals surface area contributed by atoms with E-state index in [1.807, 2.05) is 6.92 Å². The largest absolute Gasteiger partial charge is 0.466 e. The van der Waals surface area contributed by atoms with Crippen LogP contribution in [0, 0.1) is 0 Å². The number of carbonyl (C=O) groups is 1. The Morgan fingerprint density at radius 3 is 3.17 bits per heavy atom. The zero-order valence-corrected chi connectivity index (χ0v) is 7.34. The lowest BCUT2D eigenvalue weighted by Crippen LogP contribution is -2.42. The van der Waals surface area contributed by atoms with Crippen molar-refractivity contribution < 1.29 is 14.3 Å². The van der Waals surface area contributed by atoms with Gasteiger partial charge >= 0.3 is 5.97 Å². The average Bonchev–Trinajstić information content (AvgIpc) is 2.06. The zero-order chi connectivity index (χ0) is 8.81. The molecule has 4 nitrogen and oxygen atoms in total. The molecule has 0 amide bonds. The lowest BCUT2D eigenvalue weighted by atomic mass is 10.2. The van der Waals surface area contributed by atoms with E-state index in [1.165, 1.54) is 0 Å². The first-order valence-electron chi connectivity index (χ1n) is 4.29. The number of nitrogens with one attached hydrogen (secondary N) is 1. The fraction of sp³-hybridized carbons (Fsp3) is 0.875. The maximum Gasteiger partial charge on any atom is 0.307 e. The summed E-state index contributed by atoms with van der Waals surface area (Å²) in [4.78, 5) is 11.0. The summed E-state index contributed by atoms with van der Waals surface area (Å²) in [5.41, 5.74) is 0. The Hall–Kier alpha value is -0.610. The topological polar surface area (TPSA) is 47.6 Å². The van der Waals surface area contributed by atoms with Gasteiger partial charge in [0.1, 0.15) is 0 Å². The molecule has 12 heavy (non-hydrogen) atoms. The number of carbonyl (C=O) groups excluding carboxylic acids is 1. The van der Waals surface area contributed by atoms with E-state index in [-0.39, 0.29) is 12.0 Å². The predicted molar refractivity (Wildman–Crippen MR) is 43.9 cm³/mol. The predicted octanol–water partition coefficient (Wildman–Crippen LogP) is -0.0720. The first-order chi connectivity index (χ1) is 5.83. The van der Waals surface area contributed by atoms with Crippen molar-refractivity contribution in [1.82, 2.24) is 5.32 Å². The summed E-state index contributed by atoms with van der Waals surface area (Å²) in [6.07, 6.45) is 0.411. The third kappa shape index (κ3) is 3.19. The van der Waals surface area contributed by atoms with Gasteiger partial charge in [-0.05, 0) is 6.92 Å². The second-order valence-corrected chi connectivity index (χ2v) is 2.74. The van der Waals surface area contributed by atoms with Crippen LogP contribution in [-0.4, -0.2) is 38.4 Å². The molecule has 1 N–H and O–H groups in total. The highest BCUT2D eigenvalue weighted by atomic mass is 16.5. The van der Waals surface area contributed by atoms with Crippen LogP contribution in [0.25, 0.3) is 0 Å². The zero-order valence-electron chi connectivity index (χ0n) is 7.34. The molecule has 1 fully saturated rings. The summed E-state index contributed by atoms with van der Waals surface area (Å²) >= 11 is 0. The molecular formula is C8H15NO3. The average molecular weight is 173 g/mol. The molecule has 0 aliphatic carbocycles. The van der Waals surface area contributed by atoms with E-state index < -0.39 is 0 Å². The highest BCUT2D eigenvalue weighted by Gasteiger charge is 2.16. The summed E-state index contributed by atoms with van der Waals surface area (Å²) in [5, 5.41) is 3.18. The molecular weight excluding hydrogens is 158 g/mol. The SMILES string of the molecule is CCOC(=O)C[C@H]1COCCN1. The van der Waals surface area contributed by atoms with Crippen LogP contribution < -0.4 is 5.32 Å². The molecule has 1 heterocycles. The molecule has 0 bridgehead atoms. The third-order valence-electron chi connectivity index (χ3n) is 1.72. The molecule has 1 atom stereocenters. The monoisotopic (exact) mass is 173 g/mol. The Morgan fingerprint density at radius 1 is 1.75 bits per heavy atom. The van der Waals surface area contributed by atoms with E-state index >= 15 is 0 Å². The summed E-state index contributed by atoms with van der Waals surface area (Å²) < 4.78 is 10.0. The highest BCUT2D eigenvalue weighted by molar-refractivity contribution is 5.70. The minimum Gasteiger partial charge on any atom is -0.466 e. The van der Waals surface area contributed by atoms with E-state index in [2.05, 4.69) is 5.32 Å². The summed E-state index contributed by atoms with van der Waals surface area (Å²) in [7, 11) is 0. The van der Waals surface area contributed by atoms with Crippen LogP contribution in [0.15, 0.2) is 0 Å². The van der Waals surface area contributed by atoms with E-state index in [9.17, 15) is 4.79 Å². The van der Waals surface area contributed by atoms with Crippen LogP contribution in [0.2, 0.25) is 0 Å². The van der Waals surface area contributed by atoms with Gasteiger partial charge in [0.25, 0.3) is 0 Å². The van der Waals surface area contributed by atoms with Gasteiger partial charge in [-0.1, -0.05) is 0 Å². The van der Waals surface area contributed by atoms with Gasteiger partial charge in [0.15, 0.2) is 0 Å². The van der Waals surface area contributed by atoms with Crippen molar-refractivity contribution in [3.05, 3.63) is 0 Å². The summed E-state index contributed by atoms with van der Waals surface area (Å²) in [6.45, 7) is 4.43. The molecule has 0 spiro atoms. The van der Waals surface area contributed by atoms with Crippen LogP contribution in [0.5, 0.6) is 0 Å². The van der Waals surface area contributed by atoms with Gasteiger partial charge in [0, 0.05) is 12.6 Å². The molecule has 0 radical (unpaired) electrons. The Balaban J connectivity index is 2.15. The Bertz CT molecular complexity index is 143. The number of hydrogen-bond acceptors (Lipinski definition) is 4. The normalized spacial score (nSPS) is 23.6. The fourth-order valence-corrected chi connectivity index (χ4v) is 1.17. The van der Waals surface area contributed by atoms with Crippen LogP contribution in [0.3, 0.4) is 0 Å². The molecule has 4 heteroatoms. The minimum atomic E-state index is -0.152. The lowest BCUT2D eigenvalue weighted by molar-refractivity contribution is -0.144. The summed E-state index contributed by atoms with van der Waals surface area (Å²) in [6, 6.07) is 0.137. The number of rotatable bonds is 3. The molecule has 0 aromatic carbocycles. The second kappa shape index (κ2) is 5.11. The van der Waals surface area contributed by atoms with Crippen molar-refractivity contribution in [2.24, 2.45) is 0 Å². The first-order valence-corrected chi connectivity index (χ1v) is 4.29. The molecule has 0 aromatic rings. The van der Waals surface area contributed by atoms with Crippen molar-refractivity contribution in [2.45, 2.75) is 19.4 Å². The van der Waals surface area contributed by atoms with Crippen LogP contribution in [0.4, 0.5) is 0 Å². The molecule has 0 saturated carbocycles. The minimum absolute atomic E-state index is 0.137. The number of hydrogen-bond donors (Lipinski definition) is 1. The lowest BCUT2D eigenvalue weighted by Gasteiger charge is -2.22. The van der Waals surface area contributed by atoms with Crippen LogP contribution in [0.1, 0.15) is 13.3 Å². The van der Waals surface area contributed by atoms with Gasteiger partial charge in [-0.3, -0.25) is 4.79 Å². The van der Waals surface area contributed by atoms with E-state index in [0.717, 1.165) is 13.2 Å². The van der Waals surface area contributed by atoms with E-state index in [0.29, 0.717) is 19.6 Å². The summed E-state index contributed by atoms with van der Waals surface area (Å²) in [5.74, 6) is -0.152. The van der Waals surface area contributed by atoms with Gasteiger partial charge in [0.2, 0.25) is 0 Å². The van der Waals surface area contributed by atoms with Crippen molar-refractivity contribution in [3.63, 3.8) is 0 Å². The van der Waals surface area contributed by atoms with Crippen LogP contribution in [-0.2, 0) is 14.3 Å². The van der Waals surface area contributed by atoms with Gasteiger partial charge in [-0.25, -0.2) is 0 Å². The highest BCUT2D eigenvalue weighted by Crippen LogP contribution is 1.99. The van der Waals surface area contributed by atoms with Crippen molar-refractivity contribution in [2.75, 3.05) is 26.4 Å². The molecule has 1 aliphatic rings. The molecule has 0 aromatic heterocycles. The number of morpholine rings is 1. The van der Waals surface area contributed by atoms with Gasteiger partial charge in [0.05, 0.1) is 26.2 Å². The number of ether oxygens (including phenoxy) is 2. The Morgan fingerprint density at radius 2 is 2.58 bits per heavy atom. The maximum atomic E-state index is 11.0. The van der Waals surface area contributed by atoms with Gasteiger partial charge < -0.3 is 14.8 Å². The fourth-order valence-electron chi connectivity index (χ4n) is 1.17. The Labute approximate surface area is 72.2 Å². The third-order valence-corrected chi connectivity index (χ3v) is 1.72. The molecule has 1 rings (SSSR count). The smallest absolute Gasteiger partial charge is 0.307 e.